The lowest BCUT2D eigenvalue weighted by Gasteiger charge is -2.41. The molecule has 14 heteroatoms. The number of carbonyl (C=O) groups excluding carboxylic acids is 1. The van der Waals surface area contributed by atoms with Crippen molar-refractivity contribution in [1.82, 2.24) is 5.32 Å². The van der Waals surface area contributed by atoms with Crippen molar-refractivity contribution in [1.29, 1.82) is 0 Å². The Morgan fingerprint density at radius 1 is 0.660 bits per heavy atom. The normalized spacial score (nSPS) is 25.2. The summed E-state index contributed by atoms with van der Waals surface area (Å²) in [5.74, 6) is -0.612. The fraction of sp³-hybridized carbons (Fsp3) is 0.821. The van der Waals surface area contributed by atoms with Crippen molar-refractivity contribution in [3.05, 3.63) is 36.5 Å². The smallest absolute Gasteiger partial charge is 0.393 e. The quantitative estimate of drug-likeness (QED) is 0.0257. The average Bonchev–Trinajstić information content (AvgIpc) is 3.12. The minimum Gasteiger partial charge on any atom is -0.393 e. The molecule has 1 saturated carbocycles. The summed E-state index contributed by atoms with van der Waals surface area (Å²) in [6.07, 6.45) is 16.9. The van der Waals surface area contributed by atoms with E-state index in [-0.39, 0.29) is 6.42 Å². The highest BCUT2D eigenvalue weighted by Gasteiger charge is 2.51. The molecule has 310 valence electrons. The fourth-order valence-corrected chi connectivity index (χ4v) is 7.06. The van der Waals surface area contributed by atoms with E-state index in [4.69, 9.17) is 9.05 Å². The van der Waals surface area contributed by atoms with Crippen LogP contribution in [-0.4, -0.2) is 108 Å². The van der Waals surface area contributed by atoms with Crippen LogP contribution < -0.4 is 5.32 Å². The van der Waals surface area contributed by atoms with Gasteiger partial charge in [0.25, 0.3) is 0 Å². The van der Waals surface area contributed by atoms with Crippen molar-refractivity contribution in [3.8, 4) is 0 Å². The SMILES string of the molecule is CCCCCC/C=C/CC/C=C/CC/C=C/C(O)C(COP(=O)(O)OC1C(O)C(O)C(O)C(O)C1O)NC(=O)CC(O)CCCCCCCCCCC. The summed E-state index contributed by atoms with van der Waals surface area (Å²) in [4.78, 5) is 23.2. The summed E-state index contributed by atoms with van der Waals surface area (Å²) in [7, 11) is -5.14. The largest absolute Gasteiger partial charge is 0.472 e. The van der Waals surface area contributed by atoms with Crippen LogP contribution in [0.15, 0.2) is 36.5 Å². The van der Waals surface area contributed by atoms with Crippen LogP contribution in [0.2, 0.25) is 0 Å². The minimum absolute atomic E-state index is 0.255. The van der Waals surface area contributed by atoms with E-state index in [0.29, 0.717) is 19.3 Å². The highest BCUT2D eigenvalue weighted by atomic mass is 31.2. The van der Waals surface area contributed by atoms with Crippen LogP contribution >= 0.6 is 7.82 Å². The van der Waals surface area contributed by atoms with Gasteiger partial charge in [0.2, 0.25) is 5.91 Å². The van der Waals surface area contributed by atoms with Gasteiger partial charge in [-0.3, -0.25) is 13.8 Å². The second kappa shape index (κ2) is 29.8. The average molecular weight is 778 g/mol. The van der Waals surface area contributed by atoms with E-state index in [0.717, 1.165) is 44.9 Å². The molecule has 0 heterocycles. The Bertz CT molecular complexity index is 1060. The van der Waals surface area contributed by atoms with E-state index in [1.54, 1.807) is 6.08 Å². The van der Waals surface area contributed by atoms with Gasteiger partial charge in [-0.2, -0.15) is 0 Å². The lowest BCUT2D eigenvalue weighted by Crippen LogP contribution is -2.64. The molecule has 0 bridgehead atoms. The number of phosphoric acid groups is 1. The molecule has 1 aliphatic carbocycles. The Morgan fingerprint density at radius 3 is 1.66 bits per heavy atom. The van der Waals surface area contributed by atoms with Crippen LogP contribution in [0.1, 0.15) is 142 Å². The number of allylic oxidation sites excluding steroid dienone is 5. The van der Waals surface area contributed by atoms with Crippen molar-refractivity contribution in [2.24, 2.45) is 0 Å². The van der Waals surface area contributed by atoms with Gasteiger partial charge in [-0.05, 0) is 44.9 Å². The standard InChI is InChI=1S/C39H72NO12P/c1-3-5-7-9-11-13-14-15-16-17-19-21-23-25-27-32(42)31(40-33(43)28-30(41)26-24-22-20-18-12-10-8-6-4-2)29-51-53(49,50)52-39-37(47)35(45)34(44)36(46)38(39)48/h13-14,17,19,25,27,30-32,34-39,41-42,44-48H,3-12,15-16,18,20-24,26,28-29H2,1-2H3,(H,40,43)(H,49,50)/b14-13+,19-17+,27-25+. The molecule has 8 atom stereocenters. The lowest BCUT2D eigenvalue weighted by atomic mass is 9.85. The molecule has 0 aromatic rings. The molecule has 0 radical (unpaired) electrons. The summed E-state index contributed by atoms with van der Waals surface area (Å²) in [5.41, 5.74) is 0. The van der Waals surface area contributed by atoms with Gasteiger partial charge in [-0.15, -0.1) is 0 Å². The second-order valence-corrected chi connectivity index (χ2v) is 15.7. The summed E-state index contributed by atoms with van der Waals surface area (Å²) in [6, 6.07) is -1.26. The number of nitrogens with one attached hydrogen (secondary N) is 1. The molecule has 1 aliphatic rings. The van der Waals surface area contributed by atoms with E-state index in [1.165, 1.54) is 63.9 Å². The first-order chi connectivity index (χ1) is 25.3. The maximum atomic E-state index is 12.9. The number of rotatable bonds is 31. The molecule has 0 spiro atoms. The van der Waals surface area contributed by atoms with Crippen molar-refractivity contribution < 1.29 is 59.0 Å². The van der Waals surface area contributed by atoms with Gasteiger partial charge in [0, 0.05) is 0 Å². The third kappa shape index (κ3) is 22.6. The van der Waals surface area contributed by atoms with Gasteiger partial charge in [0.05, 0.1) is 31.3 Å². The molecule has 13 nitrogen and oxygen atoms in total. The number of aliphatic hydroxyl groups is 7. The van der Waals surface area contributed by atoms with Crippen LogP contribution in [-0.2, 0) is 18.4 Å². The van der Waals surface area contributed by atoms with E-state index in [1.807, 2.05) is 6.08 Å². The number of amides is 1. The van der Waals surface area contributed by atoms with Crippen LogP contribution in [0.4, 0.5) is 0 Å². The van der Waals surface area contributed by atoms with E-state index < -0.39 is 75.2 Å². The van der Waals surface area contributed by atoms with Gasteiger partial charge in [-0.1, -0.05) is 127 Å². The van der Waals surface area contributed by atoms with Crippen molar-refractivity contribution in [3.63, 3.8) is 0 Å². The molecule has 1 fully saturated rings. The Morgan fingerprint density at radius 2 is 1.11 bits per heavy atom. The molecular weight excluding hydrogens is 705 g/mol. The number of hydrogen-bond donors (Lipinski definition) is 9. The molecule has 1 rings (SSSR count). The summed E-state index contributed by atoms with van der Waals surface area (Å²) >= 11 is 0. The third-order valence-corrected chi connectivity index (χ3v) is 10.4. The molecule has 9 N–H and O–H groups in total. The summed E-state index contributed by atoms with van der Waals surface area (Å²) < 4.78 is 22.7. The molecule has 8 unspecified atom stereocenters. The number of aliphatic hydroxyl groups excluding tert-OH is 7. The van der Waals surface area contributed by atoms with E-state index >= 15 is 0 Å². The molecule has 0 saturated heterocycles. The zero-order chi connectivity index (χ0) is 39.5. The van der Waals surface area contributed by atoms with Gasteiger partial charge in [-0.25, -0.2) is 4.57 Å². The predicted molar refractivity (Wildman–Crippen MR) is 206 cm³/mol. The Balaban J connectivity index is 2.70. The van der Waals surface area contributed by atoms with Crippen LogP contribution in [0.5, 0.6) is 0 Å². The zero-order valence-corrected chi connectivity index (χ0v) is 33.1. The van der Waals surface area contributed by atoms with Crippen LogP contribution in [0.25, 0.3) is 0 Å². The van der Waals surface area contributed by atoms with E-state index in [2.05, 4.69) is 37.4 Å². The second-order valence-electron chi connectivity index (χ2n) is 14.3. The summed E-state index contributed by atoms with van der Waals surface area (Å²) in [5, 5.41) is 74.0. The maximum absolute atomic E-state index is 12.9. The van der Waals surface area contributed by atoms with Gasteiger partial charge in [0.15, 0.2) is 0 Å². The minimum atomic E-state index is -5.14. The van der Waals surface area contributed by atoms with Crippen molar-refractivity contribution in [2.45, 2.75) is 197 Å². The molecule has 0 aromatic heterocycles. The van der Waals surface area contributed by atoms with Crippen LogP contribution in [0.3, 0.4) is 0 Å². The Kier molecular flexibility index (Phi) is 27.8. The zero-order valence-electron chi connectivity index (χ0n) is 32.2. The van der Waals surface area contributed by atoms with Gasteiger partial charge >= 0.3 is 7.82 Å². The molecule has 1 amide bonds. The van der Waals surface area contributed by atoms with Gasteiger partial charge in [0.1, 0.15) is 36.6 Å². The first kappa shape index (κ1) is 49.5. The topological polar surface area (TPSA) is 226 Å². The van der Waals surface area contributed by atoms with Crippen LogP contribution in [0, 0.1) is 0 Å². The van der Waals surface area contributed by atoms with Crippen molar-refractivity contribution >= 4 is 13.7 Å². The van der Waals surface area contributed by atoms with Crippen molar-refractivity contribution in [2.75, 3.05) is 6.61 Å². The first-order valence-electron chi connectivity index (χ1n) is 20.0. The molecule has 53 heavy (non-hydrogen) atoms. The first-order valence-corrected chi connectivity index (χ1v) is 21.5. The number of carbonyl (C=O) groups is 1. The number of unbranched alkanes of at least 4 members (excludes halogenated alkanes) is 14. The summed E-state index contributed by atoms with van der Waals surface area (Å²) in [6.45, 7) is 3.63. The molecular formula is C39H72NO12P. The fourth-order valence-electron chi connectivity index (χ4n) is 6.09. The maximum Gasteiger partial charge on any atom is 0.472 e. The highest BCUT2D eigenvalue weighted by molar-refractivity contribution is 7.47. The lowest BCUT2D eigenvalue weighted by molar-refractivity contribution is -0.220. The Labute approximate surface area is 317 Å². The molecule has 0 aromatic carbocycles. The molecule has 0 aliphatic heterocycles. The van der Waals surface area contributed by atoms with Gasteiger partial charge < -0.3 is 46.0 Å². The van der Waals surface area contributed by atoms with E-state index in [9.17, 15) is 50.0 Å². The Hall–Kier alpha value is -1.48. The third-order valence-electron chi connectivity index (χ3n) is 9.46. The highest BCUT2D eigenvalue weighted by Crippen LogP contribution is 2.47. The predicted octanol–water partition coefficient (Wildman–Crippen LogP) is 5.02. The number of phosphoric ester groups is 1. The monoisotopic (exact) mass is 777 g/mol. The number of hydrogen-bond acceptors (Lipinski definition) is 11.